The Balaban J connectivity index is 1.41. The summed E-state index contributed by atoms with van der Waals surface area (Å²) in [5.41, 5.74) is 2.17. The molecule has 144 valence electrons. The predicted octanol–water partition coefficient (Wildman–Crippen LogP) is 1.62. The molecule has 8 heteroatoms. The fourth-order valence-electron chi connectivity index (χ4n) is 3.61. The molecule has 2 aliphatic rings. The summed E-state index contributed by atoms with van der Waals surface area (Å²) in [6, 6.07) is 1.96. The van der Waals surface area contributed by atoms with Gasteiger partial charge in [-0.15, -0.1) is 0 Å². The Morgan fingerprint density at radius 1 is 1.26 bits per heavy atom. The standard InChI is InChI=1S/C19H25N5O3/c1-14-8-21-18(9-20-14)19(25)23-10-16-2-5-22-24(16)17(11-23)13-27-12-15-3-6-26-7-4-15/h2,5,8-9,15,17H,3-4,6-7,10-13H2,1H3/t17-/m0/s1. The van der Waals surface area contributed by atoms with Gasteiger partial charge in [0.15, 0.2) is 0 Å². The van der Waals surface area contributed by atoms with Crippen molar-refractivity contribution >= 4 is 5.91 Å². The van der Waals surface area contributed by atoms with Crippen LogP contribution in [0.25, 0.3) is 0 Å². The molecule has 2 aromatic rings. The highest BCUT2D eigenvalue weighted by molar-refractivity contribution is 5.92. The first kappa shape index (κ1) is 18.1. The van der Waals surface area contributed by atoms with E-state index in [9.17, 15) is 4.79 Å². The van der Waals surface area contributed by atoms with Gasteiger partial charge in [0.25, 0.3) is 5.91 Å². The number of nitrogens with zero attached hydrogens (tertiary/aromatic N) is 5. The number of hydrogen-bond donors (Lipinski definition) is 0. The molecule has 0 aliphatic carbocycles. The smallest absolute Gasteiger partial charge is 0.274 e. The summed E-state index contributed by atoms with van der Waals surface area (Å²) in [6.45, 7) is 5.83. The average molecular weight is 371 g/mol. The summed E-state index contributed by atoms with van der Waals surface area (Å²) in [5, 5.41) is 4.43. The second-order valence-electron chi connectivity index (χ2n) is 7.24. The molecule has 1 saturated heterocycles. The SMILES string of the molecule is Cc1cnc(C(=O)N2Cc3ccnn3[C@H](COCC3CCOCC3)C2)cn1. The summed E-state index contributed by atoms with van der Waals surface area (Å²) in [6.07, 6.45) is 7.04. The lowest BCUT2D eigenvalue weighted by Crippen LogP contribution is -2.43. The van der Waals surface area contributed by atoms with E-state index in [-0.39, 0.29) is 11.9 Å². The zero-order valence-corrected chi connectivity index (χ0v) is 15.6. The zero-order valence-electron chi connectivity index (χ0n) is 15.6. The lowest BCUT2D eigenvalue weighted by atomic mass is 10.0. The highest BCUT2D eigenvalue weighted by Gasteiger charge is 2.30. The lowest BCUT2D eigenvalue weighted by Gasteiger charge is -2.34. The summed E-state index contributed by atoms with van der Waals surface area (Å²) in [4.78, 5) is 23.1. The largest absolute Gasteiger partial charge is 0.381 e. The van der Waals surface area contributed by atoms with E-state index in [0.717, 1.165) is 44.1 Å². The van der Waals surface area contributed by atoms with Gasteiger partial charge in [0, 0.05) is 38.8 Å². The fraction of sp³-hybridized carbons (Fsp3) is 0.579. The maximum absolute atomic E-state index is 12.8. The van der Waals surface area contributed by atoms with Crippen LogP contribution in [0, 0.1) is 12.8 Å². The van der Waals surface area contributed by atoms with Gasteiger partial charge >= 0.3 is 0 Å². The lowest BCUT2D eigenvalue weighted by molar-refractivity contribution is 0.00427. The number of carbonyl (C=O) groups is 1. The number of hydrogen-bond acceptors (Lipinski definition) is 6. The van der Waals surface area contributed by atoms with Crippen molar-refractivity contribution in [1.29, 1.82) is 0 Å². The van der Waals surface area contributed by atoms with Crippen LogP contribution < -0.4 is 0 Å². The minimum Gasteiger partial charge on any atom is -0.381 e. The topological polar surface area (TPSA) is 82.4 Å². The first-order valence-electron chi connectivity index (χ1n) is 9.46. The molecule has 0 spiro atoms. The van der Waals surface area contributed by atoms with Gasteiger partial charge in [-0.05, 0) is 31.7 Å². The van der Waals surface area contributed by atoms with E-state index in [0.29, 0.717) is 31.3 Å². The van der Waals surface area contributed by atoms with Crippen LogP contribution in [0.1, 0.15) is 40.8 Å². The van der Waals surface area contributed by atoms with Crippen LogP contribution in [0.15, 0.2) is 24.7 Å². The minimum atomic E-state index is -0.107. The third-order valence-electron chi connectivity index (χ3n) is 5.17. The van der Waals surface area contributed by atoms with Crippen molar-refractivity contribution < 1.29 is 14.3 Å². The molecule has 8 nitrogen and oxygen atoms in total. The van der Waals surface area contributed by atoms with E-state index in [1.807, 2.05) is 17.7 Å². The molecule has 4 rings (SSSR count). The number of ether oxygens (including phenoxy) is 2. The molecule has 0 unspecified atom stereocenters. The molecule has 2 aromatic heterocycles. The molecule has 1 amide bonds. The van der Waals surface area contributed by atoms with Crippen molar-refractivity contribution in [3.05, 3.63) is 41.7 Å². The van der Waals surface area contributed by atoms with Crippen LogP contribution in [0.2, 0.25) is 0 Å². The van der Waals surface area contributed by atoms with E-state index in [1.165, 1.54) is 0 Å². The van der Waals surface area contributed by atoms with E-state index in [4.69, 9.17) is 9.47 Å². The van der Waals surface area contributed by atoms with Crippen LogP contribution in [-0.2, 0) is 16.0 Å². The van der Waals surface area contributed by atoms with Gasteiger partial charge in [-0.25, -0.2) is 4.98 Å². The molecule has 27 heavy (non-hydrogen) atoms. The number of rotatable bonds is 5. The van der Waals surface area contributed by atoms with E-state index >= 15 is 0 Å². The van der Waals surface area contributed by atoms with Gasteiger partial charge < -0.3 is 14.4 Å². The summed E-state index contributed by atoms with van der Waals surface area (Å²) >= 11 is 0. The van der Waals surface area contributed by atoms with Gasteiger partial charge in [-0.2, -0.15) is 5.10 Å². The summed E-state index contributed by atoms with van der Waals surface area (Å²) < 4.78 is 13.4. The third kappa shape index (κ3) is 4.17. The Kier molecular flexibility index (Phi) is 5.45. The molecule has 0 saturated carbocycles. The molecule has 1 atom stereocenters. The second kappa shape index (κ2) is 8.14. The Morgan fingerprint density at radius 2 is 2.11 bits per heavy atom. The van der Waals surface area contributed by atoms with Crippen LogP contribution in [-0.4, -0.2) is 63.5 Å². The summed E-state index contributed by atoms with van der Waals surface area (Å²) in [5.74, 6) is 0.448. The quantitative estimate of drug-likeness (QED) is 0.794. The van der Waals surface area contributed by atoms with Gasteiger partial charge in [0.1, 0.15) is 5.69 Å². The molecule has 0 N–H and O–H groups in total. The molecular weight excluding hydrogens is 346 g/mol. The van der Waals surface area contributed by atoms with Crippen molar-refractivity contribution in [2.24, 2.45) is 5.92 Å². The Morgan fingerprint density at radius 3 is 2.89 bits per heavy atom. The van der Waals surface area contributed by atoms with Crippen LogP contribution >= 0.6 is 0 Å². The van der Waals surface area contributed by atoms with Crippen LogP contribution in [0.5, 0.6) is 0 Å². The number of amides is 1. The molecule has 4 heterocycles. The molecule has 0 bridgehead atoms. The maximum atomic E-state index is 12.8. The molecular formula is C19H25N5O3. The Hall–Kier alpha value is -2.32. The number of aromatic nitrogens is 4. The van der Waals surface area contributed by atoms with E-state index < -0.39 is 0 Å². The van der Waals surface area contributed by atoms with Gasteiger partial charge in [-0.1, -0.05) is 0 Å². The van der Waals surface area contributed by atoms with Crippen molar-refractivity contribution in [3.8, 4) is 0 Å². The number of carbonyl (C=O) groups excluding carboxylic acids is 1. The minimum absolute atomic E-state index is 0.00551. The average Bonchev–Trinajstić information content (AvgIpc) is 3.18. The molecule has 2 aliphatic heterocycles. The molecule has 0 aromatic carbocycles. The van der Waals surface area contributed by atoms with Gasteiger partial charge in [0.05, 0.1) is 36.8 Å². The van der Waals surface area contributed by atoms with Crippen LogP contribution in [0.3, 0.4) is 0 Å². The first-order valence-corrected chi connectivity index (χ1v) is 9.46. The Bertz CT molecular complexity index is 770. The molecule has 0 radical (unpaired) electrons. The zero-order chi connectivity index (χ0) is 18.6. The van der Waals surface area contributed by atoms with Crippen molar-refractivity contribution in [3.63, 3.8) is 0 Å². The van der Waals surface area contributed by atoms with Crippen molar-refractivity contribution in [1.82, 2.24) is 24.6 Å². The van der Waals surface area contributed by atoms with Crippen LogP contribution in [0.4, 0.5) is 0 Å². The van der Waals surface area contributed by atoms with Crippen molar-refractivity contribution in [2.75, 3.05) is 33.0 Å². The second-order valence-corrected chi connectivity index (χ2v) is 7.24. The number of aryl methyl sites for hydroxylation is 1. The normalized spacial score (nSPS) is 20.5. The predicted molar refractivity (Wildman–Crippen MR) is 97.1 cm³/mol. The number of fused-ring (bicyclic) bond motifs is 1. The highest BCUT2D eigenvalue weighted by Crippen LogP contribution is 2.23. The van der Waals surface area contributed by atoms with Gasteiger partial charge in [0.2, 0.25) is 0 Å². The van der Waals surface area contributed by atoms with E-state index in [2.05, 4.69) is 15.1 Å². The maximum Gasteiger partial charge on any atom is 0.274 e. The third-order valence-corrected chi connectivity index (χ3v) is 5.17. The van der Waals surface area contributed by atoms with Crippen molar-refractivity contribution in [2.45, 2.75) is 32.4 Å². The Labute approximate surface area is 158 Å². The monoisotopic (exact) mass is 371 g/mol. The van der Waals surface area contributed by atoms with E-state index in [1.54, 1.807) is 23.5 Å². The van der Waals surface area contributed by atoms with Gasteiger partial charge in [-0.3, -0.25) is 14.5 Å². The first-order chi connectivity index (χ1) is 13.2. The fourth-order valence-corrected chi connectivity index (χ4v) is 3.61. The summed E-state index contributed by atoms with van der Waals surface area (Å²) in [7, 11) is 0. The molecule has 1 fully saturated rings. The highest BCUT2D eigenvalue weighted by atomic mass is 16.5.